The molecule has 0 saturated heterocycles. The Kier molecular flexibility index (Phi) is 3.63. The second-order valence-corrected chi connectivity index (χ2v) is 5.67. The summed E-state index contributed by atoms with van der Waals surface area (Å²) in [7, 11) is 0. The predicted molar refractivity (Wildman–Crippen MR) is 66.9 cm³/mol. The first-order valence-electron chi connectivity index (χ1n) is 6.14. The molecule has 2 rings (SSSR count). The number of hydrogen-bond acceptors (Lipinski definition) is 0. The number of rotatable bonds is 1. The summed E-state index contributed by atoms with van der Waals surface area (Å²) >= 11 is 5.71. The average molecular weight is 277 g/mol. The Hall–Kier alpha value is -0.700. The Labute approximate surface area is 110 Å². The minimum Gasteiger partial charge on any atom is -0.207 e. The van der Waals surface area contributed by atoms with E-state index in [-0.39, 0.29) is 29.7 Å². The Bertz CT molecular complexity index is 457. The third-order valence-electron chi connectivity index (χ3n) is 3.91. The van der Waals surface area contributed by atoms with Crippen LogP contribution >= 0.6 is 11.6 Å². The van der Waals surface area contributed by atoms with Crippen LogP contribution in [0, 0.1) is 18.7 Å². The van der Waals surface area contributed by atoms with Crippen LogP contribution in [0.1, 0.15) is 43.2 Å². The maximum absolute atomic E-state index is 13.7. The minimum atomic E-state index is -2.57. The van der Waals surface area contributed by atoms with Crippen LogP contribution < -0.4 is 0 Å². The molecule has 1 fully saturated rings. The Morgan fingerprint density at radius 2 is 2.00 bits per heavy atom. The predicted octanol–water partition coefficient (Wildman–Crippen LogP) is 5.33. The van der Waals surface area contributed by atoms with Crippen molar-refractivity contribution in [1.82, 2.24) is 0 Å². The van der Waals surface area contributed by atoms with Gasteiger partial charge in [0, 0.05) is 12.8 Å². The molecule has 0 aromatic heterocycles. The molecule has 0 spiro atoms. The van der Waals surface area contributed by atoms with Gasteiger partial charge in [0.05, 0.1) is 5.02 Å². The summed E-state index contributed by atoms with van der Waals surface area (Å²) in [5.74, 6) is -3.16. The number of benzene rings is 1. The van der Waals surface area contributed by atoms with Crippen molar-refractivity contribution in [3.8, 4) is 0 Å². The maximum atomic E-state index is 13.7. The molecule has 1 saturated carbocycles. The molecule has 18 heavy (non-hydrogen) atoms. The molecular formula is C14H16ClF3. The SMILES string of the molecule is Cc1c([C@@H]2CCC(F)(F)CC2C)ccc(Cl)c1F. The smallest absolute Gasteiger partial charge is 0.207 e. The lowest BCUT2D eigenvalue weighted by Crippen LogP contribution is -2.30. The highest BCUT2D eigenvalue weighted by molar-refractivity contribution is 6.30. The van der Waals surface area contributed by atoms with Crippen LogP contribution in [-0.4, -0.2) is 5.92 Å². The molecule has 0 N–H and O–H groups in total. The molecule has 1 unspecified atom stereocenters. The fourth-order valence-corrected chi connectivity index (χ4v) is 3.10. The van der Waals surface area contributed by atoms with Crippen molar-refractivity contribution >= 4 is 11.6 Å². The van der Waals surface area contributed by atoms with E-state index >= 15 is 0 Å². The summed E-state index contributed by atoms with van der Waals surface area (Å²) < 4.78 is 40.3. The topological polar surface area (TPSA) is 0 Å². The van der Waals surface area contributed by atoms with Crippen LogP contribution in [0.25, 0.3) is 0 Å². The molecule has 0 heterocycles. The van der Waals surface area contributed by atoms with E-state index in [4.69, 9.17) is 11.6 Å². The summed E-state index contributed by atoms with van der Waals surface area (Å²) in [6.07, 6.45) is 0.156. The van der Waals surface area contributed by atoms with Gasteiger partial charge < -0.3 is 0 Å². The van der Waals surface area contributed by atoms with Crippen LogP contribution in [0.2, 0.25) is 5.02 Å². The van der Waals surface area contributed by atoms with Crippen molar-refractivity contribution < 1.29 is 13.2 Å². The largest absolute Gasteiger partial charge is 0.248 e. The summed E-state index contributed by atoms with van der Waals surface area (Å²) in [5.41, 5.74) is 1.31. The average Bonchev–Trinajstić information content (AvgIpc) is 2.27. The van der Waals surface area contributed by atoms with Gasteiger partial charge in [-0.05, 0) is 42.4 Å². The third kappa shape index (κ3) is 2.51. The van der Waals surface area contributed by atoms with E-state index in [0.717, 1.165) is 5.56 Å². The van der Waals surface area contributed by atoms with Crippen molar-refractivity contribution in [2.45, 2.75) is 45.0 Å². The van der Waals surface area contributed by atoms with Gasteiger partial charge in [-0.1, -0.05) is 24.6 Å². The fourth-order valence-electron chi connectivity index (χ4n) is 2.90. The van der Waals surface area contributed by atoms with E-state index < -0.39 is 11.7 Å². The Morgan fingerprint density at radius 1 is 1.33 bits per heavy atom. The van der Waals surface area contributed by atoms with Crippen molar-refractivity contribution in [2.75, 3.05) is 0 Å². The van der Waals surface area contributed by atoms with Crippen molar-refractivity contribution in [2.24, 2.45) is 5.92 Å². The molecule has 0 aliphatic heterocycles. The molecule has 1 aromatic rings. The van der Waals surface area contributed by atoms with Gasteiger partial charge >= 0.3 is 0 Å². The molecule has 1 aliphatic rings. The molecule has 0 amide bonds. The van der Waals surface area contributed by atoms with E-state index in [1.54, 1.807) is 13.0 Å². The zero-order chi connectivity index (χ0) is 13.5. The fraction of sp³-hybridized carbons (Fsp3) is 0.571. The van der Waals surface area contributed by atoms with Gasteiger partial charge in [0.15, 0.2) is 0 Å². The van der Waals surface area contributed by atoms with Crippen molar-refractivity contribution in [1.29, 1.82) is 0 Å². The van der Waals surface area contributed by atoms with Crippen LogP contribution in [0.4, 0.5) is 13.2 Å². The van der Waals surface area contributed by atoms with Gasteiger partial charge in [0.25, 0.3) is 0 Å². The highest BCUT2D eigenvalue weighted by atomic mass is 35.5. The van der Waals surface area contributed by atoms with Gasteiger partial charge in [-0.2, -0.15) is 0 Å². The maximum Gasteiger partial charge on any atom is 0.248 e. The van der Waals surface area contributed by atoms with Crippen molar-refractivity contribution in [3.05, 3.63) is 34.1 Å². The first kappa shape index (κ1) is 13.7. The highest BCUT2D eigenvalue weighted by Crippen LogP contribution is 2.45. The molecule has 1 aliphatic carbocycles. The lowest BCUT2D eigenvalue weighted by Gasteiger charge is -2.35. The Balaban J connectivity index is 2.31. The zero-order valence-corrected chi connectivity index (χ0v) is 11.2. The van der Waals surface area contributed by atoms with E-state index in [0.29, 0.717) is 12.0 Å². The van der Waals surface area contributed by atoms with E-state index in [1.165, 1.54) is 6.07 Å². The molecule has 0 bridgehead atoms. The molecule has 100 valence electrons. The first-order valence-corrected chi connectivity index (χ1v) is 6.52. The summed E-state index contributed by atoms with van der Waals surface area (Å²) in [6.45, 7) is 3.47. The summed E-state index contributed by atoms with van der Waals surface area (Å²) in [5, 5.41) is 0.0880. The van der Waals surface area contributed by atoms with Crippen LogP contribution in [0.5, 0.6) is 0 Å². The van der Waals surface area contributed by atoms with Crippen LogP contribution in [0.3, 0.4) is 0 Å². The monoisotopic (exact) mass is 276 g/mol. The lowest BCUT2D eigenvalue weighted by molar-refractivity contribution is -0.0556. The van der Waals surface area contributed by atoms with Gasteiger partial charge in [-0.25, -0.2) is 13.2 Å². The molecular weight excluding hydrogens is 261 g/mol. The van der Waals surface area contributed by atoms with E-state index in [2.05, 4.69) is 0 Å². The van der Waals surface area contributed by atoms with Crippen LogP contribution in [0.15, 0.2) is 12.1 Å². The zero-order valence-electron chi connectivity index (χ0n) is 10.4. The van der Waals surface area contributed by atoms with Gasteiger partial charge in [0.1, 0.15) is 5.82 Å². The number of halogens is 4. The van der Waals surface area contributed by atoms with E-state index in [9.17, 15) is 13.2 Å². The van der Waals surface area contributed by atoms with Gasteiger partial charge in [-0.3, -0.25) is 0 Å². The second kappa shape index (κ2) is 4.76. The highest BCUT2D eigenvalue weighted by Gasteiger charge is 2.40. The number of alkyl halides is 2. The number of hydrogen-bond donors (Lipinski definition) is 0. The van der Waals surface area contributed by atoms with E-state index in [1.807, 2.05) is 6.92 Å². The molecule has 4 heteroatoms. The lowest BCUT2D eigenvalue weighted by atomic mass is 9.74. The van der Waals surface area contributed by atoms with Crippen molar-refractivity contribution in [3.63, 3.8) is 0 Å². The first-order chi connectivity index (χ1) is 8.32. The molecule has 2 atom stereocenters. The summed E-state index contributed by atoms with van der Waals surface area (Å²) in [4.78, 5) is 0. The second-order valence-electron chi connectivity index (χ2n) is 5.26. The normalized spacial score (nSPS) is 27.2. The third-order valence-corrected chi connectivity index (χ3v) is 4.20. The minimum absolute atomic E-state index is 0.00334. The molecule has 0 nitrogen and oxygen atoms in total. The molecule has 1 aromatic carbocycles. The Morgan fingerprint density at radius 3 is 2.61 bits per heavy atom. The van der Waals surface area contributed by atoms with Crippen LogP contribution in [-0.2, 0) is 0 Å². The summed E-state index contributed by atoms with van der Waals surface area (Å²) in [6, 6.07) is 3.28. The van der Waals surface area contributed by atoms with Gasteiger partial charge in [-0.15, -0.1) is 0 Å². The van der Waals surface area contributed by atoms with Gasteiger partial charge in [0.2, 0.25) is 5.92 Å². The molecule has 0 radical (unpaired) electrons. The quantitative estimate of drug-likeness (QED) is 0.651. The standard InChI is InChI=1S/C14H16ClF3/c1-8-7-14(17,18)6-5-10(8)11-3-4-12(15)13(16)9(11)2/h3-4,8,10H,5-7H2,1-2H3/t8?,10-/m1/s1.